The lowest BCUT2D eigenvalue weighted by molar-refractivity contribution is -0.119. The molecule has 0 bridgehead atoms. The van der Waals surface area contributed by atoms with Crippen molar-refractivity contribution in [1.29, 1.82) is 0 Å². The average molecular weight is 415 g/mol. The van der Waals surface area contributed by atoms with Crippen LogP contribution in [0.1, 0.15) is 29.4 Å². The van der Waals surface area contributed by atoms with Gasteiger partial charge in [-0.25, -0.2) is 9.18 Å². The smallest absolute Gasteiger partial charge is 0.356 e. The predicted molar refractivity (Wildman–Crippen MR) is 108 cm³/mol. The van der Waals surface area contributed by atoms with E-state index in [0.717, 1.165) is 11.1 Å². The molecule has 0 aliphatic rings. The van der Waals surface area contributed by atoms with Crippen LogP contribution in [0.3, 0.4) is 0 Å². The molecule has 5 nitrogen and oxygen atoms in total. The number of rotatable bonds is 8. The summed E-state index contributed by atoms with van der Waals surface area (Å²) in [6.07, 6.45) is 0.624. The minimum atomic E-state index is -0.543. The van der Waals surface area contributed by atoms with Crippen LogP contribution in [0.25, 0.3) is 11.3 Å². The van der Waals surface area contributed by atoms with E-state index in [1.54, 1.807) is 49.4 Å². The Morgan fingerprint density at radius 3 is 2.59 bits per heavy atom. The van der Waals surface area contributed by atoms with Gasteiger partial charge in [0.25, 0.3) is 0 Å². The Morgan fingerprint density at radius 2 is 1.90 bits per heavy atom. The van der Waals surface area contributed by atoms with E-state index in [0.29, 0.717) is 17.1 Å². The van der Waals surface area contributed by atoms with Gasteiger partial charge in [0.15, 0.2) is 5.78 Å². The van der Waals surface area contributed by atoms with E-state index >= 15 is 0 Å². The molecular formula is C22H20ClFN2O3. The molecule has 0 unspecified atom stereocenters. The monoisotopic (exact) mass is 414 g/mol. The Morgan fingerprint density at radius 1 is 1.14 bits per heavy atom. The number of aryl methyl sites for hydroxylation is 1. The molecular weight excluding hydrogens is 395 g/mol. The van der Waals surface area contributed by atoms with Gasteiger partial charge in [-0.15, -0.1) is 0 Å². The lowest BCUT2D eigenvalue weighted by Gasteiger charge is -2.06. The molecule has 0 saturated carbocycles. The number of esters is 1. The second-order valence-corrected chi connectivity index (χ2v) is 6.90. The van der Waals surface area contributed by atoms with Crippen LogP contribution in [-0.2, 0) is 22.5 Å². The summed E-state index contributed by atoms with van der Waals surface area (Å²) in [6.45, 7) is 1.85. The van der Waals surface area contributed by atoms with Crippen LogP contribution in [0, 0.1) is 5.82 Å². The molecule has 0 amide bonds. The molecule has 3 rings (SSSR count). The van der Waals surface area contributed by atoms with E-state index in [1.807, 2.05) is 0 Å². The molecule has 150 valence electrons. The number of nitrogens with zero attached hydrogens (tertiary/aromatic N) is 2. The summed E-state index contributed by atoms with van der Waals surface area (Å²) >= 11 is 5.92. The molecule has 0 aliphatic carbocycles. The van der Waals surface area contributed by atoms with Crippen molar-refractivity contribution in [3.63, 3.8) is 0 Å². The Hall–Kier alpha value is -2.99. The standard InChI is InChI=1S/C22H20ClFN2O3/c1-2-29-22(28)21-13-20(16-7-9-17(23)10-8-16)25-26(21)14-19(27)11-6-15-4-3-5-18(24)12-15/h3-5,7-10,12-13H,2,6,11,14H2,1H3. The quantitative estimate of drug-likeness (QED) is 0.500. The van der Waals surface area contributed by atoms with Crippen molar-refractivity contribution < 1.29 is 18.7 Å². The topological polar surface area (TPSA) is 61.2 Å². The van der Waals surface area contributed by atoms with Crippen molar-refractivity contribution in [2.75, 3.05) is 6.61 Å². The van der Waals surface area contributed by atoms with E-state index < -0.39 is 5.97 Å². The fraction of sp³-hybridized carbons (Fsp3) is 0.227. The summed E-state index contributed by atoms with van der Waals surface area (Å²) in [5.41, 5.74) is 2.26. The lowest BCUT2D eigenvalue weighted by atomic mass is 10.1. The Bertz CT molecular complexity index is 1020. The van der Waals surface area contributed by atoms with Crippen LogP contribution in [0.4, 0.5) is 4.39 Å². The first kappa shape index (κ1) is 20.7. The molecule has 3 aromatic rings. The Balaban J connectivity index is 1.77. The number of ether oxygens (including phenoxy) is 1. The number of carbonyl (C=O) groups excluding carboxylic acids is 2. The van der Waals surface area contributed by atoms with Gasteiger partial charge in [0.1, 0.15) is 18.1 Å². The van der Waals surface area contributed by atoms with Gasteiger partial charge in [0.2, 0.25) is 0 Å². The SMILES string of the molecule is CCOC(=O)c1cc(-c2ccc(Cl)cc2)nn1CC(=O)CCc1cccc(F)c1. The second-order valence-electron chi connectivity index (χ2n) is 6.47. The number of Topliss-reactive ketones (excluding diaryl/α,β-unsaturated/α-hetero) is 1. The van der Waals surface area contributed by atoms with Crippen LogP contribution in [0.15, 0.2) is 54.6 Å². The molecule has 0 N–H and O–H groups in total. The summed E-state index contributed by atoms with van der Waals surface area (Å²) < 4.78 is 19.7. The third-order valence-corrected chi connectivity index (χ3v) is 4.56. The molecule has 1 heterocycles. The first-order valence-electron chi connectivity index (χ1n) is 9.23. The maximum absolute atomic E-state index is 13.3. The Kier molecular flexibility index (Phi) is 6.77. The van der Waals surface area contributed by atoms with Crippen molar-refractivity contribution in [2.45, 2.75) is 26.3 Å². The van der Waals surface area contributed by atoms with Gasteiger partial charge in [0, 0.05) is 17.0 Å². The number of ketones is 1. The number of hydrogen-bond donors (Lipinski definition) is 0. The van der Waals surface area contributed by atoms with Crippen molar-refractivity contribution in [2.24, 2.45) is 0 Å². The third kappa shape index (κ3) is 5.51. The van der Waals surface area contributed by atoms with Crippen molar-refractivity contribution in [3.8, 4) is 11.3 Å². The summed E-state index contributed by atoms with van der Waals surface area (Å²) in [7, 11) is 0. The maximum atomic E-state index is 13.3. The van der Waals surface area contributed by atoms with E-state index in [1.165, 1.54) is 16.8 Å². The number of benzene rings is 2. The minimum absolute atomic E-state index is 0.0724. The molecule has 29 heavy (non-hydrogen) atoms. The highest BCUT2D eigenvalue weighted by molar-refractivity contribution is 6.30. The fourth-order valence-electron chi connectivity index (χ4n) is 2.89. The van der Waals surface area contributed by atoms with Crippen LogP contribution >= 0.6 is 11.6 Å². The first-order chi connectivity index (χ1) is 14.0. The molecule has 0 aliphatic heterocycles. The van der Waals surface area contributed by atoms with E-state index in [-0.39, 0.29) is 36.9 Å². The minimum Gasteiger partial charge on any atom is -0.461 e. The van der Waals surface area contributed by atoms with Crippen molar-refractivity contribution >= 4 is 23.4 Å². The summed E-state index contributed by atoms with van der Waals surface area (Å²) in [4.78, 5) is 24.8. The highest BCUT2D eigenvalue weighted by Crippen LogP contribution is 2.22. The molecule has 0 radical (unpaired) electrons. The largest absolute Gasteiger partial charge is 0.461 e. The van der Waals surface area contributed by atoms with Gasteiger partial charge < -0.3 is 4.74 Å². The van der Waals surface area contributed by atoms with Crippen molar-refractivity contribution in [1.82, 2.24) is 9.78 Å². The normalized spacial score (nSPS) is 10.7. The van der Waals surface area contributed by atoms with Crippen LogP contribution in [0.5, 0.6) is 0 Å². The molecule has 1 aromatic heterocycles. The van der Waals surface area contributed by atoms with Gasteiger partial charge >= 0.3 is 5.97 Å². The van der Waals surface area contributed by atoms with E-state index in [4.69, 9.17) is 16.3 Å². The van der Waals surface area contributed by atoms with Crippen LogP contribution in [0.2, 0.25) is 5.02 Å². The molecule has 0 spiro atoms. The third-order valence-electron chi connectivity index (χ3n) is 4.31. The molecule has 7 heteroatoms. The van der Waals surface area contributed by atoms with Crippen LogP contribution < -0.4 is 0 Å². The zero-order valence-corrected chi connectivity index (χ0v) is 16.7. The summed E-state index contributed by atoms with van der Waals surface area (Å²) in [5.74, 6) is -0.997. The first-order valence-corrected chi connectivity index (χ1v) is 9.61. The zero-order valence-electron chi connectivity index (χ0n) is 15.9. The highest BCUT2D eigenvalue weighted by atomic mass is 35.5. The molecule has 2 aromatic carbocycles. The lowest BCUT2D eigenvalue weighted by Crippen LogP contribution is -2.18. The molecule has 0 atom stereocenters. The van der Waals surface area contributed by atoms with E-state index in [9.17, 15) is 14.0 Å². The van der Waals surface area contributed by atoms with Crippen LogP contribution in [-0.4, -0.2) is 28.1 Å². The zero-order chi connectivity index (χ0) is 20.8. The van der Waals surface area contributed by atoms with E-state index in [2.05, 4.69) is 5.10 Å². The second kappa shape index (κ2) is 9.47. The number of hydrogen-bond acceptors (Lipinski definition) is 4. The summed E-state index contributed by atoms with van der Waals surface area (Å²) in [6, 6.07) is 14.8. The number of aromatic nitrogens is 2. The van der Waals surface area contributed by atoms with Gasteiger partial charge in [-0.2, -0.15) is 5.10 Å². The molecule has 0 fully saturated rings. The number of carbonyl (C=O) groups is 2. The summed E-state index contributed by atoms with van der Waals surface area (Å²) in [5, 5.41) is 5.00. The number of halogens is 2. The van der Waals surface area contributed by atoms with Gasteiger partial charge in [0.05, 0.1) is 12.3 Å². The average Bonchev–Trinajstić information content (AvgIpc) is 3.11. The van der Waals surface area contributed by atoms with Gasteiger partial charge in [-0.3, -0.25) is 9.48 Å². The Labute approximate surface area is 173 Å². The van der Waals surface area contributed by atoms with Crippen molar-refractivity contribution in [3.05, 3.63) is 76.7 Å². The van der Waals surface area contributed by atoms with Gasteiger partial charge in [-0.05, 0) is 49.2 Å². The molecule has 0 saturated heterocycles. The fourth-order valence-corrected chi connectivity index (χ4v) is 3.02. The predicted octanol–water partition coefficient (Wildman–Crippen LogP) is 4.72. The highest BCUT2D eigenvalue weighted by Gasteiger charge is 2.19. The van der Waals surface area contributed by atoms with Gasteiger partial charge in [-0.1, -0.05) is 35.9 Å². The maximum Gasteiger partial charge on any atom is 0.356 e.